The highest BCUT2D eigenvalue weighted by Gasteiger charge is 2.52. The summed E-state index contributed by atoms with van der Waals surface area (Å²) in [6, 6.07) is 11.4. The lowest BCUT2D eigenvalue weighted by Gasteiger charge is -2.49. The maximum atomic E-state index is 14.5. The van der Waals surface area contributed by atoms with Crippen molar-refractivity contribution in [2.45, 2.75) is 146 Å². The van der Waals surface area contributed by atoms with Gasteiger partial charge in [-0.05, 0) is 90.0 Å². The Morgan fingerprint density at radius 2 is 1.22 bits per heavy atom. The number of aliphatic hydroxyl groups is 2. The first-order valence-corrected chi connectivity index (χ1v) is 23.7. The maximum absolute atomic E-state index is 14.5. The minimum Gasteiger partial charge on any atom is -0.387 e. The average Bonchev–Trinajstić information content (AvgIpc) is 3.29. The summed E-state index contributed by atoms with van der Waals surface area (Å²) in [5, 5.41) is 35.3. The number of carbonyl (C=O) groups excluding carboxylic acids is 4. The van der Waals surface area contributed by atoms with E-state index in [0.717, 1.165) is 0 Å². The third kappa shape index (κ3) is 13.5. The Balaban J connectivity index is 1.60. The molecular formula is C48H71Cl2N5O12. The van der Waals surface area contributed by atoms with Crippen LogP contribution in [-0.2, 0) is 47.6 Å². The van der Waals surface area contributed by atoms with Crippen LogP contribution in [0.25, 0.3) is 0 Å². The Morgan fingerprint density at radius 3 is 1.72 bits per heavy atom. The van der Waals surface area contributed by atoms with Crippen molar-refractivity contribution in [3.63, 3.8) is 0 Å². The molecule has 3 heterocycles. The molecule has 5 unspecified atom stereocenters. The fourth-order valence-electron chi connectivity index (χ4n) is 9.61. The monoisotopic (exact) mass is 979 g/mol. The minimum absolute atomic E-state index is 0.0318. The molecule has 0 radical (unpaired) electrons. The standard InChI is InChI=1S/C48H71Cl2N5O12/c1-25-21-48(7,63-11)43(67-46-40(58)34(55(8)9)20-26(2)64-46)27(3)41(66-37-22-47(6,62-10)42(59)29(5)65-37)28(4)45(61)52-24-36(57)54-39(31-14-18-33(50)19-15-31)38(30-12-16-32(49)17-13-30)53-35(56)23-51-44(25)60/h12-19,25-29,34,37-43,46,58-59H,20-24H2,1-11H3,(H,51,60)(H,52,61)(H,53,56)(H,54,57)/t25-,26-,27+,28-,29?,34+,37+,38?,39?,40-,41?,42+,43-,46+,47-,48?/m1/s1. The van der Waals surface area contributed by atoms with Gasteiger partial charge in [-0.15, -0.1) is 0 Å². The van der Waals surface area contributed by atoms with Crippen LogP contribution in [0.1, 0.15) is 90.9 Å². The summed E-state index contributed by atoms with van der Waals surface area (Å²) < 4.78 is 38.4. The maximum Gasteiger partial charge on any atom is 0.239 e. The first kappa shape index (κ1) is 54.5. The first-order chi connectivity index (χ1) is 31.5. The predicted molar refractivity (Wildman–Crippen MR) is 251 cm³/mol. The fourth-order valence-corrected chi connectivity index (χ4v) is 9.86. The number of halogens is 2. The van der Waals surface area contributed by atoms with Crippen LogP contribution in [0.15, 0.2) is 48.5 Å². The topological polar surface area (TPSA) is 215 Å². The van der Waals surface area contributed by atoms with Crippen LogP contribution < -0.4 is 21.3 Å². The molecule has 0 aromatic heterocycles. The molecule has 5 rings (SSSR count). The van der Waals surface area contributed by atoms with Crippen LogP contribution in [0.5, 0.6) is 0 Å². The first-order valence-electron chi connectivity index (χ1n) is 22.9. The molecule has 16 atom stereocenters. The number of hydrogen-bond acceptors (Lipinski definition) is 13. The van der Waals surface area contributed by atoms with Gasteiger partial charge in [-0.3, -0.25) is 19.2 Å². The van der Waals surface area contributed by atoms with Gasteiger partial charge in [-0.2, -0.15) is 0 Å². The molecule has 3 aliphatic rings. The highest BCUT2D eigenvalue weighted by atomic mass is 35.5. The second-order valence-corrected chi connectivity index (χ2v) is 19.9. The lowest BCUT2D eigenvalue weighted by atomic mass is 9.77. The molecule has 0 spiro atoms. The summed E-state index contributed by atoms with van der Waals surface area (Å²) in [6.45, 7) is 11.4. The van der Waals surface area contributed by atoms with Gasteiger partial charge < -0.3 is 64.8 Å². The van der Waals surface area contributed by atoms with Gasteiger partial charge in [-0.1, -0.05) is 68.2 Å². The second kappa shape index (κ2) is 23.4. The normalized spacial score (nSPS) is 37.9. The Hall–Kier alpha value is -3.46. The number of likely N-dealkylation sites (N-methyl/N-ethyl adjacent to an activating group) is 1. The molecule has 0 aliphatic carbocycles. The van der Waals surface area contributed by atoms with Crippen LogP contribution in [0.2, 0.25) is 10.0 Å². The highest BCUT2D eigenvalue weighted by molar-refractivity contribution is 6.30. The lowest BCUT2D eigenvalue weighted by molar-refractivity contribution is -0.318. The summed E-state index contributed by atoms with van der Waals surface area (Å²) >= 11 is 12.5. The Labute approximate surface area is 404 Å². The van der Waals surface area contributed by atoms with Crippen LogP contribution in [0, 0.1) is 17.8 Å². The van der Waals surface area contributed by atoms with Crippen molar-refractivity contribution < 1.29 is 57.8 Å². The lowest BCUT2D eigenvalue weighted by Crippen LogP contribution is -2.61. The van der Waals surface area contributed by atoms with Crippen molar-refractivity contribution in [2.24, 2.45) is 17.8 Å². The molecule has 2 aromatic rings. The van der Waals surface area contributed by atoms with Crippen molar-refractivity contribution in [1.29, 1.82) is 0 Å². The largest absolute Gasteiger partial charge is 0.387 e. The zero-order valence-electron chi connectivity index (χ0n) is 40.4. The van der Waals surface area contributed by atoms with Crippen LogP contribution >= 0.6 is 23.2 Å². The Bertz CT molecular complexity index is 1980. The molecule has 0 saturated carbocycles. The minimum atomic E-state index is -1.35. The van der Waals surface area contributed by atoms with Crippen LogP contribution in [-0.4, -0.2) is 147 Å². The molecule has 0 bridgehead atoms. The Kier molecular flexibility index (Phi) is 19.1. The fraction of sp³-hybridized carbons (Fsp3) is 0.667. The molecule has 3 aliphatic heterocycles. The molecule has 3 saturated heterocycles. The van der Waals surface area contributed by atoms with E-state index in [-0.39, 0.29) is 25.0 Å². The van der Waals surface area contributed by atoms with Gasteiger partial charge in [-0.25, -0.2) is 0 Å². The third-order valence-electron chi connectivity index (χ3n) is 13.7. The van der Waals surface area contributed by atoms with E-state index in [9.17, 15) is 29.4 Å². The van der Waals surface area contributed by atoms with E-state index >= 15 is 0 Å². The number of ether oxygens (including phenoxy) is 6. The number of nitrogens with zero attached hydrogens (tertiary/aromatic N) is 1. The second-order valence-electron chi connectivity index (χ2n) is 19.1. The predicted octanol–water partition coefficient (Wildman–Crippen LogP) is 4.06. The van der Waals surface area contributed by atoms with Crippen LogP contribution in [0.3, 0.4) is 0 Å². The number of aliphatic hydroxyl groups excluding tert-OH is 2. The van der Waals surface area contributed by atoms with Gasteiger partial charge in [0.2, 0.25) is 23.6 Å². The number of benzene rings is 2. The number of methoxy groups -OCH3 is 2. The summed E-state index contributed by atoms with van der Waals surface area (Å²) in [4.78, 5) is 58.4. The quantitative estimate of drug-likeness (QED) is 0.210. The summed E-state index contributed by atoms with van der Waals surface area (Å²) in [5.74, 6) is -4.78. The number of nitrogens with one attached hydrogen (secondary N) is 4. The van der Waals surface area contributed by atoms with E-state index < -0.39 is 121 Å². The zero-order chi connectivity index (χ0) is 49.5. The van der Waals surface area contributed by atoms with Gasteiger partial charge >= 0.3 is 0 Å². The van der Waals surface area contributed by atoms with Crippen molar-refractivity contribution in [1.82, 2.24) is 26.2 Å². The molecule has 17 nitrogen and oxygen atoms in total. The van der Waals surface area contributed by atoms with E-state index in [1.807, 2.05) is 32.8 Å². The summed E-state index contributed by atoms with van der Waals surface area (Å²) in [5.41, 5.74) is -1.25. The number of amides is 4. The van der Waals surface area contributed by atoms with E-state index in [1.54, 1.807) is 83.1 Å². The molecule has 2 aromatic carbocycles. The van der Waals surface area contributed by atoms with Crippen molar-refractivity contribution in [2.75, 3.05) is 41.4 Å². The van der Waals surface area contributed by atoms with Gasteiger partial charge in [0.05, 0.1) is 66.7 Å². The summed E-state index contributed by atoms with van der Waals surface area (Å²) in [7, 11) is 6.69. The molecule has 19 heteroatoms. The molecule has 67 heavy (non-hydrogen) atoms. The number of carbonyl (C=O) groups is 4. The van der Waals surface area contributed by atoms with Crippen molar-refractivity contribution in [3.8, 4) is 0 Å². The van der Waals surface area contributed by atoms with Gasteiger partial charge in [0.1, 0.15) is 12.2 Å². The smallest absolute Gasteiger partial charge is 0.239 e. The SMILES string of the molecule is COC1(C)C[C@@H](C)C(=O)NCC(=O)NC(c2ccc(Cl)cc2)C(c2ccc(Cl)cc2)NC(=O)CNC(=O)[C@H](C)C(O[C@H]2C[C@@](C)(OC)[C@@H](O)C(C)O2)[C@H](C)[C@H]1O[C@@H]1O[C@H](C)C[C@H](N(C)C)[C@H]1O. The van der Waals surface area contributed by atoms with Gasteiger partial charge in [0.15, 0.2) is 12.6 Å². The molecule has 374 valence electrons. The molecular weight excluding hydrogens is 909 g/mol. The molecule has 3 fully saturated rings. The highest BCUT2D eigenvalue weighted by Crippen LogP contribution is 2.40. The van der Waals surface area contributed by atoms with E-state index in [0.29, 0.717) is 27.6 Å². The Morgan fingerprint density at radius 1 is 0.716 bits per heavy atom. The van der Waals surface area contributed by atoms with E-state index in [2.05, 4.69) is 21.3 Å². The zero-order valence-corrected chi connectivity index (χ0v) is 41.9. The van der Waals surface area contributed by atoms with Crippen molar-refractivity contribution >= 4 is 46.8 Å². The molecule has 4 amide bonds. The van der Waals surface area contributed by atoms with E-state index in [4.69, 9.17) is 51.6 Å². The van der Waals surface area contributed by atoms with Crippen molar-refractivity contribution in [3.05, 3.63) is 69.7 Å². The van der Waals surface area contributed by atoms with E-state index in [1.165, 1.54) is 14.2 Å². The third-order valence-corrected chi connectivity index (χ3v) is 14.2. The number of rotatable bonds is 9. The van der Waals surface area contributed by atoms with Crippen LogP contribution in [0.4, 0.5) is 0 Å². The average molecular weight is 981 g/mol. The van der Waals surface area contributed by atoms with Gasteiger partial charge in [0, 0.05) is 48.6 Å². The number of hydrogen-bond donors (Lipinski definition) is 6. The van der Waals surface area contributed by atoms with Gasteiger partial charge in [0.25, 0.3) is 0 Å². The molecule has 6 N–H and O–H groups in total. The summed E-state index contributed by atoms with van der Waals surface area (Å²) in [6.07, 6.45) is -6.83.